The van der Waals surface area contributed by atoms with Gasteiger partial charge in [0.25, 0.3) is 5.91 Å². The average molecular weight is 431 g/mol. The van der Waals surface area contributed by atoms with Crippen LogP contribution in [0.3, 0.4) is 0 Å². The smallest absolute Gasteiger partial charge is 0.267 e. The lowest BCUT2D eigenvalue weighted by molar-refractivity contribution is -0.123. The van der Waals surface area contributed by atoms with Crippen LogP contribution >= 0.6 is 22.9 Å². The van der Waals surface area contributed by atoms with Crippen molar-refractivity contribution in [3.05, 3.63) is 63.6 Å². The highest BCUT2D eigenvalue weighted by Crippen LogP contribution is 2.29. The molecule has 2 N–H and O–H groups in total. The minimum Gasteiger partial charge on any atom is -0.317 e. The highest BCUT2D eigenvalue weighted by molar-refractivity contribution is 7.18. The second kappa shape index (κ2) is 8.39. The van der Waals surface area contributed by atoms with Gasteiger partial charge < -0.3 is 10.6 Å². The fourth-order valence-electron chi connectivity index (χ4n) is 2.57. The number of carbonyl (C=O) groups excluding carboxylic acids is 2. The molecule has 2 heterocycles. The quantitative estimate of drug-likeness (QED) is 0.584. The first-order valence-corrected chi connectivity index (χ1v) is 10.3. The molecule has 2 aromatic heterocycles. The summed E-state index contributed by atoms with van der Waals surface area (Å²) in [6, 6.07) is 11.0. The van der Waals surface area contributed by atoms with Crippen LogP contribution in [0.1, 0.15) is 41.6 Å². The third-order valence-electron chi connectivity index (χ3n) is 4.25. The maximum Gasteiger partial charge on any atom is 0.267 e. The van der Waals surface area contributed by atoms with Gasteiger partial charge in [-0.2, -0.15) is 5.10 Å². The third kappa shape index (κ3) is 5.25. The van der Waals surface area contributed by atoms with Crippen molar-refractivity contribution in [1.82, 2.24) is 9.78 Å². The van der Waals surface area contributed by atoms with Gasteiger partial charge in [-0.3, -0.25) is 9.59 Å². The first-order valence-electron chi connectivity index (χ1n) is 9.13. The molecule has 152 valence electrons. The molecule has 0 radical (unpaired) electrons. The molecule has 8 heteroatoms. The van der Waals surface area contributed by atoms with Crippen LogP contribution in [0.4, 0.5) is 10.8 Å². The molecular formula is C21H23ClN4O2S. The molecule has 0 spiro atoms. The van der Waals surface area contributed by atoms with Crippen LogP contribution in [0, 0.1) is 12.3 Å². The molecule has 0 atom stereocenters. The fraction of sp³-hybridized carbons (Fsp3) is 0.286. The number of anilines is 2. The zero-order valence-corrected chi connectivity index (χ0v) is 18.3. The second-order valence-electron chi connectivity index (χ2n) is 7.78. The Morgan fingerprint density at radius 3 is 2.48 bits per heavy atom. The molecule has 29 heavy (non-hydrogen) atoms. The van der Waals surface area contributed by atoms with Crippen LogP contribution in [-0.4, -0.2) is 21.6 Å². The summed E-state index contributed by atoms with van der Waals surface area (Å²) < 4.78 is 1.71. The lowest BCUT2D eigenvalue weighted by atomic mass is 9.96. The van der Waals surface area contributed by atoms with Gasteiger partial charge in [0.1, 0.15) is 5.82 Å². The zero-order valence-electron chi connectivity index (χ0n) is 16.7. The number of aryl methyl sites for hydroxylation is 1. The SMILES string of the molecule is Cc1cc(NC(=O)C(C)(C)C)sc1C(=O)Nc1ccnn1Cc1ccc(Cl)cc1. The van der Waals surface area contributed by atoms with Gasteiger partial charge in [-0.15, -0.1) is 11.3 Å². The number of aromatic nitrogens is 2. The molecule has 6 nitrogen and oxygen atoms in total. The normalized spacial score (nSPS) is 11.3. The lowest BCUT2D eigenvalue weighted by Crippen LogP contribution is -2.27. The first kappa shape index (κ1) is 21.1. The van der Waals surface area contributed by atoms with Crippen molar-refractivity contribution >= 4 is 45.6 Å². The van der Waals surface area contributed by atoms with Crippen LogP contribution in [0.25, 0.3) is 0 Å². The topological polar surface area (TPSA) is 76.0 Å². The Bertz CT molecular complexity index is 1030. The largest absolute Gasteiger partial charge is 0.317 e. The summed E-state index contributed by atoms with van der Waals surface area (Å²) in [5.41, 5.74) is 1.32. The molecular weight excluding hydrogens is 408 g/mol. The van der Waals surface area contributed by atoms with E-state index in [1.165, 1.54) is 11.3 Å². The van der Waals surface area contributed by atoms with Crippen molar-refractivity contribution in [3.63, 3.8) is 0 Å². The van der Waals surface area contributed by atoms with Crippen LogP contribution in [0.2, 0.25) is 5.02 Å². The number of thiophene rings is 1. The summed E-state index contributed by atoms with van der Waals surface area (Å²) in [6.07, 6.45) is 1.64. The van der Waals surface area contributed by atoms with Gasteiger partial charge in [-0.25, -0.2) is 4.68 Å². The fourth-order valence-corrected chi connectivity index (χ4v) is 3.66. The number of nitrogens with zero attached hydrogens (tertiary/aromatic N) is 2. The predicted octanol–water partition coefficient (Wildman–Crippen LogP) is 5.19. The van der Waals surface area contributed by atoms with E-state index in [0.29, 0.717) is 27.3 Å². The van der Waals surface area contributed by atoms with Crippen molar-refractivity contribution in [2.75, 3.05) is 10.6 Å². The molecule has 0 saturated carbocycles. The molecule has 0 fully saturated rings. The predicted molar refractivity (Wildman–Crippen MR) is 118 cm³/mol. The first-order chi connectivity index (χ1) is 13.6. The van der Waals surface area contributed by atoms with Crippen molar-refractivity contribution in [1.29, 1.82) is 0 Å². The minimum absolute atomic E-state index is 0.0910. The molecule has 0 bridgehead atoms. The number of carbonyl (C=O) groups is 2. The summed E-state index contributed by atoms with van der Waals surface area (Å²) in [6.45, 7) is 7.90. The van der Waals surface area contributed by atoms with Gasteiger partial charge in [-0.1, -0.05) is 44.5 Å². The van der Waals surface area contributed by atoms with Gasteiger partial charge in [0.15, 0.2) is 0 Å². The molecule has 1 aromatic carbocycles. The van der Waals surface area contributed by atoms with Crippen molar-refractivity contribution in [2.45, 2.75) is 34.2 Å². The van der Waals surface area contributed by atoms with Crippen molar-refractivity contribution in [3.8, 4) is 0 Å². The van der Waals surface area contributed by atoms with Gasteiger partial charge in [0, 0.05) is 16.5 Å². The summed E-state index contributed by atoms with van der Waals surface area (Å²) in [5.74, 6) is 0.270. The minimum atomic E-state index is -0.505. The third-order valence-corrected chi connectivity index (χ3v) is 5.65. The molecule has 0 unspecified atom stereocenters. The van der Waals surface area contributed by atoms with Crippen LogP contribution in [0.15, 0.2) is 42.6 Å². The van der Waals surface area contributed by atoms with E-state index < -0.39 is 5.41 Å². The van der Waals surface area contributed by atoms with Gasteiger partial charge in [-0.05, 0) is 36.2 Å². The van der Waals surface area contributed by atoms with Crippen LogP contribution in [-0.2, 0) is 11.3 Å². The molecule has 0 saturated heterocycles. The summed E-state index contributed by atoms with van der Waals surface area (Å²) >= 11 is 7.19. The molecule has 3 rings (SSSR count). The molecule has 3 aromatic rings. The summed E-state index contributed by atoms with van der Waals surface area (Å²) in [4.78, 5) is 25.6. The highest BCUT2D eigenvalue weighted by atomic mass is 35.5. The van der Waals surface area contributed by atoms with Gasteiger partial charge >= 0.3 is 0 Å². The second-order valence-corrected chi connectivity index (χ2v) is 9.27. The molecule has 0 aliphatic carbocycles. The molecule has 2 amide bonds. The van der Waals surface area contributed by atoms with Crippen molar-refractivity contribution in [2.24, 2.45) is 5.41 Å². The Morgan fingerprint density at radius 1 is 1.14 bits per heavy atom. The van der Waals surface area contributed by atoms with Gasteiger partial charge in [0.2, 0.25) is 5.91 Å². The number of hydrogen-bond acceptors (Lipinski definition) is 4. The molecule has 0 aliphatic rings. The Kier molecular flexibility index (Phi) is 6.10. The zero-order chi connectivity index (χ0) is 21.2. The standard InChI is InChI=1S/C21H23ClN4O2S/c1-13-11-17(25-20(28)21(2,3)4)29-18(13)19(27)24-16-9-10-23-26(16)12-14-5-7-15(22)8-6-14/h5-11H,12H2,1-4H3,(H,24,27)(H,25,28). The number of benzene rings is 1. The maximum atomic E-state index is 12.8. The van der Waals surface area contributed by atoms with E-state index in [9.17, 15) is 9.59 Å². The van der Waals surface area contributed by atoms with Crippen molar-refractivity contribution < 1.29 is 9.59 Å². The van der Waals surface area contributed by atoms with E-state index in [0.717, 1.165) is 11.1 Å². The Morgan fingerprint density at radius 2 is 1.83 bits per heavy atom. The number of halogens is 1. The highest BCUT2D eigenvalue weighted by Gasteiger charge is 2.23. The summed E-state index contributed by atoms with van der Waals surface area (Å²) in [5, 5.41) is 11.4. The van der Waals surface area contributed by atoms with E-state index in [4.69, 9.17) is 11.6 Å². The average Bonchev–Trinajstić information content (AvgIpc) is 3.22. The monoisotopic (exact) mass is 430 g/mol. The Hall–Kier alpha value is -2.64. The Balaban J connectivity index is 1.72. The van der Waals surface area contributed by atoms with E-state index in [-0.39, 0.29) is 11.8 Å². The van der Waals surface area contributed by atoms with E-state index >= 15 is 0 Å². The number of nitrogens with one attached hydrogen (secondary N) is 2. The number of hydrogen-bond donors (Lipinski definition) is 2. The maximum absolute atomic E-state index is 12.8. The van der Waals surface area contributed by atoms with Crippen LogP contribution in [0.5, 0.6) is 0 Å². The summed E-state index contributed by atoms with van der Waals surface area (Å²) in [7, 11) is 0. The van der Waals surface area contributed by atoms with Gasteiger partial charge in [0.05, 0.1) is 22.6 Å². The lowest BCUT2D eigenvalue weighted by Gasteiger charge is -2.16. The van der Waals surface area contributed by atoms with E-state index in [1.54, 1.807) is 16.9 Å². The van der Waals surface area contributed by atoms with E-state index in [1.807, 2.05) is 58.0 Å². The van der Waals surface area contributed by atoms with Crippen LogP contribution < -0.4 is 10.6 Å². The number of amides is 2. The molecule has 0 aliphatic heterocycles. The van der Waals surface area contributed by atoms with E-state index in [2.05, 4.69) is 15.7 Å². The Labute approximate surface area is 178 Å². The number of rotatable bonds is 5.